The van der Waals surface area contributed by atoms with E-state index in [9.17, 15) is 5.11 Å². The highest BCUT2D eigenvalue weighted by atomic mass is 16.3. The van der Waals surface area contributed by atoms with Crippen LogP contribution in [0.3, 0.4) is 0 Å². The summed E-state index contributed by atoms with van der Waals surface area (Å²) < 4.78 is 0. The second-order valence-electron chi connectivity index (χ2n) is 2.70. The van der Waals surface area contributed by atoms with Crippen molar-refractivity contribution in [3.63, 3.8) is 0 Å². The highest BCUT2D eigenvalue weighted by Crippen LogP contribution is 2.15. The molecule has 1 heteroatoms. The first-order valence-corrected chi connectivity index (χ1v) is 4.21. The van der Waals surface area contributed by atoms with Crippen LogP contribution in [0.2, 0.25) is 0 Å². The van der Waals surface area contributed by atoms with Crippen LogP contribution < -0.4 is 0 Å². The third-order valence-corrected chi connectivity index (χ3v) is 1.93. The standard InChI is InChI=1S/C10H18O/c1-4-7-8-9-10(11,5-2)6-3/h4,7-9,11H,5-6H2,1-3H3. The quantitative estimate of drug-likeness (QED) is 0.617. The van der Waals surface area contributed by atoms with Crippen LogP contribution in [0, 0.1) is 0 Å². The lowest BCUT2D eigenvalue weighted by atomic mass is 9.97. The van der Waals surface area contributed by atoms with Gasteiger partial charge in [-0.1, -0.05) is 38.2 Å². The molecule has 64 valence electrons. The molecular weight excluding hydrogens is 136 g/mol. The molecule has 0 amide bonds. The van der Waals surface area contributed by atoms with E-state index in [4.69, 9.17) is 0 Å². The van der Waals surface area contributed by atoms with Gasteiger partial charge in [0.1, 0.15) is 0 Å². The third-order valence-electron chi connectivity index (χ3n) is 1.93. The van der Waals surface area contributed by atoms with Crippen molar-refractivity contribution in [2.75, 3.05) is 0 Å². The molecule has 1 nitrogen and oxygen atoms in total. The van der Waals surface area contributed by atoms with Gasteiger partial charge in [-0.15, -0.1) is 0 Å². The number of hydrogen-bond donors (Lipinski definition) is 1. The number of aliphatic hydroxyl groups is 1. The molecule has 0 aromatic heterocycles. The third kappa shape index (κ3) is 3.99. The normalized spacial score (nSPS) is 13.5. The van der Waals surface area contributed by atoms with Crippen molar-refractivity contribution in [3.05, 3.63) is 24.3 Å². The highest BCUT2D eigenvalue weighted by Gasteiger charge is 2.16. The van der Waals surface area contributed by atoms with Crippen molar-refractivity contribution < 1.29 is 5.11 Å². The van der Waals surface area contributed by atoms with Gasteiger partial charge in [-0.2, -0.15) is 0 Å². The molecule has 0 spiro atoms. The van der Waals surface area contributed by atoms with Gasteiger partial charge in [0.05, 0.1) is 5.60 Å². The molecule has 1 N–H and O–H groups in total. The van der Waals surface area contributed by atoms with Crippen LogP contribution in [0.5, 0.6) is 0 Å². The molecule has 0 bridgehead atoms. The van der Waals surface area contributed by atoms with Crippen LogP contribution in [0.25, 0.3) is 0 Å². The van der Waals surface area contributed by atoms with E-state index in [-0.39, 0.29) is 0 Å². The van der Waals surface area contributed by atoms with Crippen LogP contribution >= 0.6 is 0 Å². The molecule has 0 aromatic rings. The summed E-state index contributed by atoms with van der Waals surface area (Å²) in [5, 5.41) is 9.73. The molecule has 0 aromatic carbocycles. The lowest BCUT2D eigenvalue weighted by molar-refractivity contribution is 0.0828. The van der Waals surface area contributed by atoms with Gasteiger partial charge < -0.3 is 5.11 Å². The van der Waals surface area contributed by atoms with Gasteiger partial charge in [-0.25, -0.2) is 0 Å². The van der Waals surface area contributed by atoms with Crippen LogP contribution in [-0.2, 0) is 0 Å². The lowest BCUT2D eigenvalue weighted by Gasteiger charge is -2.19. The Morgan fingerprint density at radius 1 is 1.18 bits per heavy atom. The molecule has 0 aliphatic heterocycles. The molecule has 0 unspecified atom stereocenters. The Labute approximate surface area is 69.4 Å². The maximum Gasteiger partial charge on any atom is 0.0825 e. The molecule has 0 aliphatic rings. The van der Waals surface area contributed by atoms with E-state index in [0.29, 0.717) is 0 Å². The van der Waals surface area contributed by atoms with Crippen molar-refractivity contribution >= 4 is 0 Å². The summed E-state index contributed by atoms with van der Waals surface area (Å²) in [6.45, 7) is 5.94. The predicted octanol–water partition coefficient (Wildman–Crippen LogP) is 2.67. The second kappa shape index (κ2) is 5.14. The van der Waals surface area contributed by atoms with Gasteiger partial charge in [0.2, 0.25) is 0 Å². The topological polar surface area (TPSA) is 20.2 Å². The van der Waals surface area contributed by atoms with E-state index in [0.717, 1.165) is 12.8 Å². The monoisotopic (exact) mass is 154 g/mol. The first kappa shape index (κ1) is 10.4. The second-order valence-corrected chi connectivity index (χ2v) is 2.70. The van der Waals surface area contributed by atoms with Gasteiger partial charge in [-0.05, 0) is 19.8 Å². The molecule has 0 rings (SSSR count). The molecular formula is C10H18O. The van der Waals surface area contributed by atoms with Crippen molar-refractivity contribution in [1.82, 2.24) is 0 Å². The fraction of sp³-hybridized carbons (Fsp3) is 0.600. The minimum atomic E-state index is -0.598. The Morgan fingerprint density at radius 3 is 2.09 bits per heavy atom. The Balaban J connectivity index is 4.06. The van der Waals surface area contributed by atoms with Crippen LogP contribution in [0.4, 0.5) is 0 Å². The van der Waals surface area contributed by atoms with Gasteiger partial charge in [0.25, 0.3) is 0 Å². The van der Waals surface area contributed by atoms with Crippen molar-refractivity contribution in [2.24, 2.45) is 0 Å². The Morgan fingerprint density at radius 2 is 1.73 bits per heavy atom. The fourth-order valence-electron chi connectivity index (χ4n) is 0.831. The summed E-state index contributed by atoms with van der Waals surface area (Å²) >= 11 is 0. The molecule has 11 heavy (non-hydrogen) atoms. The molecule has 0 atom stereocenters. The molecule has 0 heterocycles. The van der Waals surface area contributed by atoms with E-state index in [1.165, 1.54) is 0 Å². The summed E-state index contributed by atoms with van der Waals surface area (Å²) in [5.74, 6) is 0. The van der Waals surface area contributed by atoms with Gasteiger partial charge in [-0.3, -0.25) is 0 Å². The summed E-state index contributed by atoms with van der Waals surface area (Å²) in [6.07, 6.45) is 9.17. The number of rotatable bonds is 4. The van der Waals surface area contributed by atoms with E-state index in [2.05, 4.69) is 0 Å². The summed E-state index contributed by atoms with van der Waals surface area (Å²) in [7, 11) is 0. The van der Waals surface area contributed by atoms with Crippen LogP contribution in [0.15, 0.2) is 24.3 Å². The van der Waals surface area contributed by atoms with Gasteiger partial charge >= 0.3 is 0 Å². The lowest BCUT2D eigenvalue weighted by Crippen LogP contribution is -2.22. The van der Waals surface area contributed by atoms with Crippen LogP contribution in [0.1, 0.15) is 33.6 Å². The maximum absolute atomic E-state index is 9.73. The molecule has 0 saturated carbocycles. The van der Waals surface area contributed by atoms with Crippen molar-refractivity contribution in [1.29, 1.82) is 0 Å². The average Bonchev–Trinajstić information content (AvgIpc) is 2.05. The largest absolute Gasteiger partial charge is 0.386 e. The van der Waals surface area contributed by atoms with E-state index in [1.807, 2.05) is 45.1 Å². The Hall–Kier alpha value is -0.560. The summed E-state index contributed by atoms with van der Waals surface area (Å²) in [4.78, 5) is 0. The minimum Gasteiger partial charge on any atom is -0.386 e. The van der Waals surface area contributed by atoms with E-state index >= 15 is 0 Å². The highest BCUT2D eigenvalue weighted by molar-refractivity contribution is 5.08. The first-order chi connectivity index (χ1) is 5.18. The zero-order chi connectivity index (χ0) is 8.74. The molecule has 0 aliphatic carbocycles. The summed E-state index contributed by atoms with van der Waals surface area (Å²) in [6, 6.07) is 0. The van der Waals surface area contributed by atoms with Gasteiger partial charge in [0, 0.05) is 0 Å². The zero-order valence-corrected chi connectivity index (χ0v) is 7.67. The van der Waals surface area contributed by atoms with Crippen molar-refractivity contribution in [3.8, 4) is 0 Å². The SMILES string of the molecule is CC=CC=CC(O)(CC)CC. The average molecular weight is 154 g/mol. The van der Waals surface area contributed by atoms with Gasteiger partial charge in [0.15, 0.2) is 0 Å². The predicted molar refractivity (Wildman–Crippen MR) is 49.5 cm³/mol. The Kier molecular flexibility index (Phi) is 4.88. The fourth-order valence-corrected chi connectivity index (χ4v) is 0.831. The van der Waals surface area contributed by atoms with Crippen LogP contribution in [-0.4, -0.2) is 10.7 Å². The number of allylic oxidation sites excluding steroid dienone is 3. The first-order valence-electron chi connectivity index (χ1n) is 4.21. The number of hydrogen-bond acceptors (Lipinski definition) is 1. The maximum atomic E-state index is 9.73. The smallest absolute Gasteiger partial charge is 0.0825 e. The molecule has 0 saturated heterocycles. The minimum absolute atomic E-state index is 0.598. The van der Waals surface area contributed by atoms with E-state index in [1.54, 1.807) is 0 Å². The zero-order valence-electron chi connectivity index (χ0n) is 7.67. The Bertz CT molecular complexity index is 141. The molecule has 0 radical (unpaired) electrons. The van der Waals surface area contributed by atoms with Crippen molar-refractivity contribution in [2.45, 2.75) is 39.2 Å². The van der Waals surface area contributed by atoms with E-state index < -0.39 is 5.60 Å². The molecule has 0 fully saturated rings. The summed E-state index contributed by atoms with van der Waals surface area (Å²) in [5.41, 5.74) is -0.598.